The molecular formula is C15H27NO4. The molecule has 1 saturated carbocycles. The summed E-state index contributed by atoms with van der Waals surface area (Å²) in [5.41, 5.74) is -0.651. The Morgan fingerprint density at radius 3 is 2.55 bits per heavy atom. The number of rotatable bonds is 6. The Kier molecular flexibility index (Phi) is 6.46. The van der Waals surface area contributed by atoms with E-state index in [4.69, 9.17) is 4.74 Å². The molecule has 0 radical (unpaired) electrons. The Balaban J connectivity index is 2.32. The molecule has 116 valence electrons. The zero-order chi connectivity index (χ0) is 15.2. The molecule has 0 bridgehead atoms. The molecule has 0 saturated heterocycles. The fourth-order valence-corrected chi connectivity index (χ4v) is 2.33. The fourth-order valence-electron chi connectivity index (χ4n) is 2.33. The fraction of sp³-hybridized carbons (Fsp3) is 0.867. The van der Waals surface area contributed by atoms with Crippen molar-refractivity contribution in [2.45, 2.75) is 70.9 Å². The van der Waals surface area contributed by atoms with E-state index in [2.05, 4.69) is 5.32 Å². The van der Waals surface area contributed by atoms with Gasteiger partial charge in [-0.05, 0) is 46.0 Å². The molecule has 1 amide bonds. The third kappa shape index (κ3) is 5.49. The molecule has 20 heavy (non-hydrogen) atoms. The van der Waals surface area contributed by atoms with E-state index < -0.39 is 11.6 Å². The van der Waals surface area contributed by atoms with Gasteiger partial charge in [0, 0.05) is 5.92 Å². The summed E-state index contributed by atoms with van der Waals surface area (Å²) in [6.07, 6.45) is 4.38. The van der Waals surface area contributed by atoms with Gasteiger partial charge in [-0.15, -0.1) is 0 Å². The van der Waals surface area contributed by atoms with Gasteiger partial charge in [0.15, 0.2) is 0 Å². The van der Waals surface area contributed by atoms with Crippen LogP contribution in [0, 0.1) is 5.92 Å². The highest BCUT2D eigenvalue weighted by molar-refractivity contribution is 5.85. The number of esters is 1. The predicted molar refractivity (Wildman–Crippen MR) is 76.1 cm³/mol. The molecule has 5 heteroatoms. The van der Waals surface area contributed by atoms with Crippen LogP contribution >= 0.6 is 0 Å². The molecule has 1 rings (SSSR count). The number of carbonyl (C=O) groups excluding carboxylic acids is 2. The van der Waals surface area contributed by atoms with Crippen molar-refractivity contribution in [2.75, 3.05) is 6.61 Å². The first-order chi connectivity index (χ1) is 9.35. The lowest BCUT2D eigenvalue weighted by Gasteiger charge is -2.32. The van der Waals surface area contributed by atoms with Gasteiger partial charge in [-0.2, -0.15) is 0 Å². The maximum atomic E-state index is 12.1. The van der Waals surface area contributed by atoms with Crippen molar-refractivity contribution in [2.24, 2.45) is 5.92 Å². The minimum Gasteiger partial charge on any atom is -0.464 e. The first-order valence-electron chi connectivity index (χ1n) is 7.55. The number of hydrogen-bond acceptors (Lipinski definition) is 4. The van der Waals surface area contributed by atoms with Crippen molar-refractivity contribution in [3.63, 3.8) is 0 Å². The maximum absolute atomic E-state index is 12.1. The summed E-state index contributed by atoms with van der Waals surface area (Å²) in [6, 6.07) is -0.609. The first kappa shape index (κ1) is 17.0. The van der Waals surface area contributed by atoms with Crippen LogP contribution in [0.5, 0.6) is 0 Å². The van der Waals surface area contributed by atoms with Gasteiger partial charge in [-0.25, -0.2) is 4.79 Å². The molecular weight excluding hydrogens is 258 g/mol. The first-order valence-corrected chi connectivity index (χ1v) is 7.55. The lowest BCUT2D eigenvalue weighted by Crippen LogP contribution is -2.44. The summed E-state index contributed by atoms with van der Waals surface area (Å²) in [4.78, 5) is 23.7. The molecule has 0 heterocycles. The molecule has 2 N–H and O–H groups in total. The second kappa shape index (κ2) is 7.62. The highest BCUT2D eigenvalue weighted by atomic mass is 16.5. The number of nitrogens with one attached hydrogen (secondary N) is 1. The molecule has 0 aromatic carbocycles. The average Bonchev–Trinajstić information content (AvgIpc) is 2.38. The van der Waals surface area contributed by atoms with E-state index >= 15 is 0 Å². The summed E-state index contributed by atoms with van der Waals surface area (Å²) < 4.78 is 5.07. The topological polar surface area (TPSA) is 75.6 Å². The Labute approximate surface area is 121 Å². The van der Waals surface area contributed by atoms with Crippen LogP contribution in [0.15, 0.2) is 0 Å². The van der Waals surface area contributed by atoms with Crippen LogP contribution in [0.25, 0.3) is 0 Å². The van der Waals surface area contributed by atoms with E-state index in [0.29, 0.717) is 32.3 Å². The van der Waals surface area contributed by atoms with Crippen LogP contribution < -0.4 is 5.32 Å². The van der Waals surface area contributed by atoms with Gasteiger partial charge in [0.05, 0.1) is 12.2 Å². The summed E-state index contributed by atoms with van der Waals surface area (Å²) in [5, 5.41) is 12.6. The van der Waals surface area contributed by atoms with Crippen molar-refractivity contribution >= 4 is 11.9 Å². The molecule has 0 aliphatic heterocycles. The van der Waals surface area contributed by atoms with Gasteiger partial charge in [0.2, 0.25) is 5.91 Å². The van der Waals surface area contributed by atoms with Crippen molar-refractivity contribution < 1.29 is 19.4 Å². The Bertz CT molecular complexity index is 331. The molecule has 1 aliphatic rings. The molecule has 5 nitrogen and oxygen atoms in total. The predicted octanol–water partition coefficient (Wildman–Crippen LogP) is 1.78. The number of hydrogen-bond donors (Lipinski definition) is 2. The summed E-state index contributed by atoms with van der Waals surface area (Å²) >= 11 is 0. The van der Waals surface area contributed by atoms with E-state index in [9.17, 15) is 14.7 Å². The zero-order valence-electron chi connectivity index (χ0n) is 12.8. The van der Waals surface area contributed by atoms with E-state index in [0.717, 1.165) is 12.8 Å². The van der Waals surface area contributed by atoms with Crippen LogP contribution in [0.2, 0.25) is 0 Å². The van der Waals surface area contributed by atoms with Crippen molar-refractivity contribution in [3.05, 3.63) is 0 Å². The molecule has 0 spiro atoms. The van der Waals surface area contributed by atoms with Crippen LogP contribution in [-0.2, 0) is 14.3 Å². The standard InChI is InChI=1S/C15H27NO4/c1-4-5-10-20-14(18)11(2)16-13(17)12-6-8-15(3,19)9-7-12/h11-12,19H,4-10H2,1-3H3,(H,16,17)/t11-,12?,15?/m1/s1. The number of aliphatic hydroxyl groups is 1. The molecule has 0 unspecified atom stereocenters. The SMILES string of the molecule is CCCCOC(=O)[C@@H](C)NC(=O)C1CCC(C)(O)CC1. The normalized spacial score (nSPS) is 27.7. The second-order valence-electron chi connectivity index (χ2n) is 6.02. The van der Waals surface area contributed by atoms with E-state index in [-0.39, 0.29) is 17.8 Å². The minimum absolute atomic E-state index is 0.110. The highest BCUT2D eigenvalue weighted by Gasteiger charge is 2.33. The van der Waals surface area contributed by atoms with Crippen molar-refractivity contribution in [1.29, 1.82) is 0 Å². The van der Waals surface area contributed by atoms with Gasteiger partial charge < -0.3 is 15.2 Å². The molecule has 1 atom stereocenters. The van der Waals surface area contributed by atoms with E-state index in [1.165, 1.54) is 0 Å². The number of amides is 1. The van der Waals surface area contributed by atoms with Crippen molar-refractivity contribution in [3.8, 4) is 0 Å². The highest BCUT2D eigenvalue weighted by Crippen LogP contribution is 2.31. The van der Waals surface area contributed by atoms with Gasteiger partial charge in [0.1, 0.15) is 6.04 Å². The number of ether oxygens (including phenoxy) is 1. The largest absolute Gasteiger partial charge is 0.464 e. The Morgan fingerprint density at radius 2 is 2.00 bits per heavy atom. The molecule has 1 aliphatic carbocycles. The monoisotopic (exact) mass is 285 g/mol. The third-order valence-corrected chi connectivity index (χ3v) is 3.89. The average molecular weight is 285 g/mol. The lowest BCUT2D eigenvalue weighted by atomic mass is 9.79. The molecule has 1 fully saturated rings. The summed E-state index contributed by atoms with van der Waals surface area (Å²) in [5.74, 6) is -0.601. The number of carbonyl (C=O) groups is 2. The summed E-state index contributed by atoms with van der Waals surface area (Å²) in [7, 11) is 0. The Hall–Kier alpha value is -1.10. The number of unbranched alkanes of at least 4 members (excludes halogenated alkanes) is 1. The molecule has 0 aromatic rings. The Morgan fingerprint density at radius 1 is 1.40 bits per heavy atom. The minimum atomic E-state index is -0.651. The van der Waals surface area contributed by atoms with Crippen LogP contribution in [0.4, 0.5) is 0 Å². The lowest BCUT2D eigenvalue weighted by molar-refractivity contribution is -0.148. The van der Waals surface area contributed by atoms with Gasteiger partial charge in [-0.1, -0.05) is 13.3 Å². The van der Waals surface area contributed by atoms with Crippen LogP contribution in [0.3, 0.4) is 0 Å². The van der Waals surface area contributed by atoms with Gasteiger partial charge in [0.25, 0.3) is 0 Å². The van der Waals surface area contributed by atoms with Crippen LogP contribution in [0.1, 0.15) is 59.3 Å². The van der Waals surface area contributed by atoms with E-state index in [1.807, 2.05) is 6.92 Å². The second-order valence-corrected chi connectivity index (χ2v) is 6.02. The summed E-state index contributed by atoms with van der Waals surface area (Å²) in [6.45, 7) is 5.87. The van der Waals surface area contributed by atoms with Gasteiger partial charge >= 0.3 is 5.97 Å². The quantitative estimate of drug-likeness (QED) is 0.576. The van der Waals surface area contributed by atoms with Crippen molar-refractivity contribution in [1.82, 2.24) is 5.32 Å². The molecule has 0 aromatic heterocycles. The maximum Gasteiger partial charge on any atom is 0.328 e. The smallest absolute Gasteiger partial charge is 0.328 e. The zero-order valence-corrected chi connectivity index (χ0v) is 12.8. The van der Waals surface area contributed by atoms with Gasteiger partial charge in [-0.3, -0.25) is 4.79 Å². The third-order valence-electron chi connectivity index (χ3n) is 3.89. The van der Waals surface area contributed by atoms with Crippen LogP contribution in [-0.4, -0.2) is 35.2 Å². The van der Waals surface area contributed by atoms with E-state index in [1.54, 1.807) is 13.8 Å².